The fraction of sp³-hybridized carbons (Fsp3) is 0.182. The Morgan fingerprint density at radius 2 is 2.31 bits per heavy atom. The first-order chi connectivity index (χ1) is 7.66. The summed E-state index contributed by atoms with van der Waals surface area (Å²) < 4.78 is 0. The summed E-state index contributed by atoms with van der Waals surface area (Å²) in [6, 6.07) is 5.57. The quantitative estimate of drug-likeness (QED) is 0.677. The SMILES string of the molecule is Cc1nc(CSc2c(N)cccc2Cl)cs1. The summed E-state index contributed by atoms with van der Waals surface area (Å²) in [4.78, 5) is 5.34. The second-order valence-electron chi connectivity index (χ2n) is 3.30. The molecule has 0 aliphatic heterocycles. The van der Waals surface area contributed by atoms with Crippen molar-refractivity contribution in [3.8, 4) is 0 Å². The normalized spacial score (nSPS) is 10.6. The van der Waals surface area contributed by atoms with Crippen LogP contribution in [-0.4, -0.2) is 4.98 Å². The van der Waals surface area contributed by atoms with Crippen LogP contribution in [0, 0.1) is 6.92 Å². The van der Waals surface area contributed by atoms with Gasteiger partial charge >= 0.3 is 0 Å². The molecule has 0 bridgehead atoms. The molecule has 84 valence electrons. The Labute approximate surface area is 108 Å². The highest BCUT2D eigenvalue weighted by Crippen LogP contribution is 2.34. The summed E-state index contributed by atoms with van der Waals surface area (Å²) in [5.74, 6) is 0.804. The van der Waals surface area contributed by atoms with Gasteiger partial charge in [0.25, 0.3) is 0 Å². The third-order valence-corrected chi connectivity index (χ3v) is 4.46. The lowest BCUT2D eigenvalue weighted by molar-refractivity contribution is 1.18. The lowest BCUT2D eigenvalue weighted by Gasteiger charge is -2.05. The molecule has 0 unspecified atom stereocenters. The van der Waals surface area contributed by atoms with Gasteiger partial charge in [0, 0.05) is 21.7 Å². The van der Waals surface area contributed by atoms with Crippen LogP contribution in [0.25, 0.3) is 0 Å². The molecule has 0 spiro atoms. The molecule has 0 fully saturated rings. The minimum Gasteiger partial charge on any atom is -0.398 e. The number of aromatic nitrogens is 1. The lowest BCUT2D eigenvalue weighted by Crippen LogP contribution is -1.89. The van der Waals surface area contributed by atoms with Crippen molar-refractivity contribution >= 4 is 40.4 Å². The summed E-state index contributed by atoms with van der Waals surface area (Å²) in [5, 5.41) is 3.86. The van der Waals surface area contributed by atoms with Crippen LogP contribution in [-0.2, 0) is 5.75 Å². The molecule has 1 aromatic carbocycles. The number of thiazole rings is 1. The van der Waals surface area contributed by atoms with E-state index in [-0.39, 0.29) is 0 Å². The molecule has 16 heavy (non-hydrogen) atoms. The highest BCUT2D eigenvalue weighted by molar-refractivity contribution is 7.98. The largest absolute Gasteiger partial charge is 0.398 e. The number of halogens is 1. The van der Waals surface area contributed by atoms with Crippen molar-refractivity contribution in [2.75, 3.05) is 5.73 Å². The Hall–Kier alpha value is -0.710. The van der Waals surface area contributed by atoms with Crippen LogP contribution in [0.4, 0.5) is 5.69 Å². The highest BCUT2D eigenvalue weighted by Gasteiger charge is 2.06. The van der Waals surface area contributed by atoms with E-state index in [9.17, 15) is 0 Å². The zero-order valence-electron chi connectivity index (χ0n) is 8.74. The van der Waals surface area contributed by atoms with E-state index in [1.807, 2.05) is 25.1 Å². The van der Waals surface area contributed by atoms with Crippen LogP contribution in [0.5, 0.6) is 0 Å². The zero-order valence-corrected chi connectivity index (χ0v) is 11.1. The third kappa shape index (κ3) is 2.70. The van der Waals surface area contributed by atoms with Crippen molar-refractivity contribution in [2.45, 2.75) is 17.6 Å². The molecule has 0 radical (unpaired) electrons. The number of benzene rings is 1. The predicted molar refractivity (Wildman–Crippen MR) is 72.3 cm³/mol. The fourth-order valence-electron chi connectivity index (χ4n) is 1.30. The molecule has 1 aromatic heterocycles. The van der Waals surface area contributed by atoms with E-state index in [2.05, 4.69) is 10.4 Å². The Bertz CT molecular complexity index is 476. The van der Waals surface area contributed by atoms with Gasteiger partial charge in [0.1, 0.15) is 0 Å². The second-order valence-corrected chi connectivity index (χ2v) is 5.76. The van der Waals surface area contributed by atoms with Crippen LogP contribution in [0.2, 0.25) is 5.02 Å². The van der Waals surface area contributed by atoms with Gasteiger partial charge in [0.15, 0.2) is 0 Å². The first-order valence-corrected chi connectivity index (χ1v) is 6.99. The number of aryl methyl sites for hydroxylation is 1. The number of hydrogen-bond donors (Lipinski definition) is 1. The van der Waals surface area contributed by atoms with E-state index in [0.29, 0.717) is 5.02 Å². The summed E-state index contributed by atoms with van der Waals surface area (Å²) in [7, 11) is 0. The second kappa shape index (κ2) is 5.08. The van der Waals surface area contributed by atoms with E-state index in [0.717, 1.165) is 27.0 Å². The van der Waals surface area contributed by atoms with Crippen LogP contribution in [0.3, 0.4) is 0 Å². The smallest absolute Gasteiger partial charge is 0.0897 e. The zero-order chi connectivity index (χ0) is 11.5. The van der Waals surface area contributed by atoms with E-state index < -0.39 is 0 Å². The summed E-state index contributed by atoms with van der Waals surface area (Å²) in [6.45, 7) is 2.00. The molecule has 2 aromatic rings. The molecule has 0 amide bonds. The molecule has 2 nitrogen and oxygen atoms in total. The van der Waals surface area contributed by atoms with Gasteiger partial charge in [0.2, 0.25) is 0 Å². The molecular weight excluding hydrogens is 260 g/mol. The predicted octanol–water partition coefficient (Wildman–Crippen LogP) is 3.98. The minimum absolute atomic E-state index is 0.706. The maximum atomic E-state index is 6.08. The van der Waals surface area contributed by atoms with Crippen LogP contribution >= 0.6 is 34.7 Å². The number of hydrogen-bond acceptors (Lipinski definition) is 4. The molecule has 0 aliphatic rings. The molecule has 2 N–H and O–H groups in total. The summed E-state index contributed by atoms with van der Waals surface area (Å²) >= 11 is 9.37. The summed E-state index contributed by atoms with van der Waals surface area (Å²) in [6.07, 6.45) is 0. The molecule has 0 saturated heterocycles. The average Bonchev–Trinajstić information content (AvgIpc) is 2.63. The maximum absolute atomic E-state index is 6.08. The number of anilines is 1. The van der Waals surface area contributed by atoms with Gasteiger partial charge in [-0.05, 0) is 19.1 Å². The van der Waals surface area contributed by atoms with Gasteiger partial charge in [-0.1, -0.05) is 17.7 Å². The van der Waals surface area contributed by atoms with Crippen LogP contribution in [0.15, 0.2) is 28.5 Å². The first-order valence-electron chi connectivity index (χ1n) is 4.74. The first kappa shape index (κ1) is 11.8. The Balaban J connectivity index is 2.10. The molecule has 0 atom stereocenters. The third-order valence-electron chi connectivity index (χ3n) is 2.03. The average molecular weight is 271 g/mol. The Morgan fingerprint density at radius 1 is 1.50 bits per heavy atom. The van der Waals surface area contributed by atoms with Crippen LogP contribution in [0.1, 0.15) is 10.7 Å². The van der Waals surface area contributed by atoms with Gasteiger partial charge in [-0.3, -0.25) is 0 Å². The van der Waals surface area contributed by atoms with Crippen molar-refractivity contribution in [3.63, 3.8) is 0 Å². The van der Waals surface area contributed by atoms with Crippen LogP contribution < -0.4 is 5.73 Å². The number of rotatable bonds is 3. The molecule has 5 heteroatoms. The fourth-order valence-corrected chi connectivity index (χ4v) is 3.24. The number of nitrogens with two attached hydrogens (primary N) is 1. The van der Waals surface area contributed by atoms with Gasteiger partial charge in [0.05, 0.1) is 15.7 Å². The van der Waals surface area contributed by atoms with E-state index >= 15 is 0 Å². The van der Waals surface area contributed by atoms with Crippen molar-refractivity contribution in [1.82, 2.24) is 4.98 Å². The van der Waals surface area contributed by atoms with Gasteiger partial charge in [-0.2, -0.15) is 0 Å². The number of nitrogens with zero attached hydrogens (tertiary/aromatic N) is 1. The van der Waals surface area contributed by atoms with Crippen molar-refractivity contribution in [1.29, 1.82) is 0 Å². The van der Waals surface area contributed by atoms with E-state index in [4.69, 9.17) is 17.3 Å². The number of thioether (sulfide) groups is 1. The van der Waals surface area contributed by atoms with E-state index in [1.54, 1.807) is 23.1 Å². The van der Waals surface area contributed by atoms with Crippen molar-refractivity contribution in [3.05, 3.63) is 39.3 Å². The monoisotopic (exact) mass is 270 g/mol. The highest BCUT2D eigenvalue weighted by atomic mass is 35.5. The van der Waals surface area contributed by atoms with Gasteiger partial charge < -0.3 is 5.73 Å². The molecule has 2 rings (SSSR count). The lowest BCUT2D eigenvalue weighted by atomic mass is 10.3. The maximum Gasteiger partial charge on any atom is 0.0897 e. The van der Waals surface area contributed by atoms with E-state index in [1.165, 1.54) is 0 Å². The topological polar surface area (TPSA) is 38.9 Å². The molecule has 1 heterocycles. The molecular formula is C11H11ClN2S2. The minimum atomic E-state index is 0.706. The standard InChI is InChI=1S/C11H11ClN2S2/c1-7-14-8(5-15-7)6-16-11-9(12)3-2-4-10(11)13/h2-5H,6,13H2,1H3. The Kier molecular flexibility index (Phi) is 3.74. The van der Waals surface area contributed by atoms with Crippen molar-refractivity contribution < 1.29 is 0 Å². The molecule has 0 aliphatic carbocycles. The van der Waals surface area contributed by atoms with Gasteiger partial charge in [-0.25, -0.2) is 4.98 Å². The molecule has 0 saturated carbocycles. The number of nitrogen functional groups attached to an aromatic ring is 1. The van der Waals surface area contributed by atoms with Gasteiger partial charge in [-0.15, -0.1) is 23.1 Å². The van der Waals surface area contributed by atoms with Crippen molar-refractivity contribution in [2.24, 2.45) is 0 Å². The summed E-state index contributed by atoms with van der Waals surface area (Å²) in [5.41, 5.74) is 7.67. The Morgan fingerprint density at radius 3 is 2.94 bits per heavy atom.